The summed E-state index contributed by atoms with van der Waals surface area (Å²) in [7, 11) is 0. The highest BCUT2D eigenvalue weighted by Crippen LogP contribution is 2.29. The molecule has 0 aliphatic heterocycles. The summed E-state index contributed by atoms with van der Waals surface area (Å²) in [6, 6.07) is 14.8. The van der Waals surface area contributed by atoms with Crippen molar-refractivity contribution in [3.05, 3.63) is 64.8 Å². The molecule has 3 heteroatoms. The van der Waals surface area contributed by atoms with Gasteiger partial charge in [0.1, 0.15) is 12.4 Å². The summed E-state index contributed by atoms with van der Waals surface area (Å²) in [5, 5.41) is 1.88. The third-order valence-electron chi connectivity index (χ3n) is 3.89. The molecule has 3 rings (SSSR count). The number of ether oxygens (including phenoxy) is 1. The lowest BCUT2D eigenvalue weighted by Gasteiger charge is -2.11. The molecule has 0 atom stereocenters. The molecule has 1 heterocycles. The zero-order chi connectivity index (χ0) is 15.7. The zero-order valence-electron chi connectivity index (χ0n) is 13.1. The van der Waals surface area contributed by atoms with Crippen molar-refractivity contribution >= 4 is 22.5 Å². The van der Waals surface area contributed by atoms with E-state index in [9.17, 15) is 0 Å². The number of aromatic nitrogens is 1. The van der Waals surface area contributed by atoms with Crippen LogP contribution in [-0.4, -0.2) is 4.57 Å². The van der Waals surface area contributed by atoms with Gasteiger partial charge in [-0.1, -0.05) is 35.9 Å². The lowest BCUT2D eigenvalue weighted by atomic mass is 10.1. The van der Waals surface area contributed by atoms with E-state index in [1.165, 1.54) is 5.52 Å². The number of rotatable bonds is 4. The van der Waals surface area contributed by atoms with Crippen LogP contribution in [0.5, 0.6) is 5.75 Å². The van der Waals surface area contributed by atoms with Crippen molar-refractivity contribution in [1.82, 2.24) is 4.57 Å². The Balaban J connectivity index is 1.87. The standard InChI is InChI=1S/C19H20ClNO/c1-13(2)21-11-17(20)16-10-15(8-9-18(16)21)12-22-19-7-5-4-6-14(19)3/h4-11,13H,12H2,1-3H3. The SMILES string of the molecule is Cc1ccccc1OCc1ccc2c(c1)c(Cl)cn2C(C)C. The van der Waals surface area contributed by atoms with E-state index >= 15 is 0 Å². The Morgan fingerprint density at radius 3 is 2.64 bits per heavy atom. The lowest BCUT2D eigenvalue weighted by Crippen LogP contribution is -1.99. The van der Waals surface area contributed by atoms with Gasteiger partial charge in [0.2, 0.25) is 0 Å². The molecule has 22 heavy (non-hydrogen) atoms. The van der Waals surface area contributed by atoms with Crippen LogP contribution in [0.25, 0.3) is 10.9 Å². The molecule has 0 aliphatic rings. The van der Waals surface area contributed by atoms with Gasteiger partial charge in [0.05, 0.1) is 5.02 Å². The van der Waals surface area contributed by atoms with Gasteiger partial charge in [0.25, 0.3) is 0 Å². The third kappa shape index (κ3) is 2.84. The van der Waals surface area contributed by atoms with Crippen molar-refractivity contribution in [2.24, 2.45) is 0 Å². The highest BCUT2D eigenvalue weighted by atomic mass is 35.5. The summed E-state index contributed by atoms with van der Waals surface area (Å²) in [5.74, 6) is 0.924. The fourth-order valence-corrected chi connectivity index (χ4v) is 2.91. The van der Waals surface area contributed by atoms with Crippen LogP contribution >= 0.6 is 11.6 Å². The van der Waals surface area contributed by atoms with Crippen molar-refractivity contribution < 1.29 is 4.74 Å². The number of aryl methyl sites for hydroxylation is 1. The van der Waals surface area contributed by atoms with Gasteiger partial charge < -0.3 is 9.30 Å². The largest absolute Gasteiger partial charge is 0.489 e. The van der Waals surface area contributed by atoms with Gasteiger partial charge >= 0.3 is 0 Å². The molecule has 0 saturated carbocycles. The molecule has 0 N–H and O–H groups in total. The van der Waals surface area contributed by atoms with Gasteiger partial charge in [0, 0.05) is 23.1 Å². The van der Waals surface area contributed by atoms with E-state index in [2.05, 4.69) is 49.6 Å². The molecule has 2 aromatic carbocycles. The van der Waals surface area contributed by atoms with E-state index in [1.54, 1.807) is 0 Å². The molecule has 2 nitrogen and oxygen atoms in total. The Morgan fingerprint density at radius 1 is 1.14 bits per heavy atom. The van der Waals surface area contributed by atoms with E-state index < -0.39 is 0 Å². The first-order valence-corrected chi connectivity index (χ1v) is 7.91. The molecule has 0 aliphatic carbocycles. The Morgan fingerprint density at radius 2 is 1.91 bits per heavy atom. The smallest absolute Gasteiger partial charge is 0.122 e. The molecule has 3 aromatic rings. The molecule has 0 bridgehead atoms. The van der Waals surface area contributed by atoms with Crippen LogP contribution in [0.3, 0.4) is 0 Å². The molecule has 0 spiro atoms. The van der Waals surface area contributed by atoms with Crippen molar-refractivity contribution in [1.29, 1.82) is 0 Å². The Kier molecular flexibility index (Phi) is 4.12. The molecule has 0 saturated heterocycles. The van der Waals surface area contributed by atoms with E-state index in [4.69, 9.17) is 16.3 Å². The van der Waals surface area contributed by atoms with E-state index in [-0.39, 0.29) is 0 Å². The normalized spacial score (nSPS) is 11.3. The molecule has 114 valence electrons. The summed E-state index contributed by atoms with van der Waals surface area (Å²) >= 11 is 6.37. The molecule has 0 radical (unpaired) electrons. The van der Waals surface area contributed by atoms with Crippen LogP contribution < -0.4 is 4.74 Å². The summed E-state index contributed by atoms with van der Waals surface area (Å²) in [4.78, 5) is 0. The van der Waals surface area contributed by atoms with Gasteiger partial charge in [-0.3, -0.25) is 0 Å². The lowest BCUT2D eigenvalue weighted by molar-refractivity contribution is 0.304. The Bertz CT molecular complexity index is 804. The van der Waals surface area contributed by atoms with E-state index in [1.807, 2.05) is 24.4 Å². The Labute approximate surface area is 136 Å². The average Bonchev–Trinajstić information content (AvgIpc) is 2.84. The van der Waals surface area contributed by atoms with Crippen molar-refractivity contribution in [3.8, 4) is 5.75 Å². The Hall–Kier alpha value is -1.93. The van der Waals surface area contributed by atoms with Crippen LogP contribution in [0.1, 0.15) is 31.0 Å². The van der Waals surface area contributed by atoms with Crippen molar-refractivity contribution in [2.75, 3.05) is 0 Å². The summed E-state index contributed by atoms with van der Waals surface area (Å²) in [6.07, 6.45) is 2.00. The minimum atomic E-state index is 0.393. The summed E-state index contributed by atoms with van der Waals surface area (Å²) in [5.41, 5.74) is 3.44. The number of hydrogen-bond acceptors (Lipinski definition) is 1. The topological polar surface area (TPSA) is 14.2 Å². The zero-order valence-corrected chi connectivity index (χ0v) is 13.9. The number of benzene rings is 2. The van der Waals surface area contributed by atoms with Crippen LogP contribution in [0.2, 0.25) is 5.02 Å². The summed E-state index contributed by atoms with van der Waals surface area (Å²) < 4.78 is 8.11. The molecule has 0 fully saturated rings. The number of nitrogens with zero attached hydrogens (tertiary/aromatic N) is 1. The predicted octanol–water partition coefficient (Wildman–Crippen LogP) is 5.76. The first-order valence-electron chi connectivity index (χ1n) is 7.53. The van der Waals surface area contributed by atoms with Gasteiger partial charge in [-0.05, 0) is 50.1 Å². The first-order chi connectivity index (χ1) is 10.6. The fourth-order valence-electron chi connectivity index (χ4n) is 2.66. The second-order valence-corrected chi connectivity index (χ2v) is 6.29. The van der Waals surface area contributed by atoms with Crippen LogP contribution in [0.4, 0.5) is 0 Å². The van der Waals surface area contributed by atoms with E-state index in [0.29, 0.717) is 12.6 Å². The molecular formula is C19H20ClNO. The van der Waals surface area contributed by atoms with Crippen LogP contribution in [0, 0.1) is 6.92 Å². The second-order valence-electron chi connectivity index (χ2n) is 5.88. The minimum absolute atomic E-state index is 0.393. The second kappa shape index (κ2) is 6.05. The van der Waals surface area contributed by atoms with Crippen molar-refractivity contribution in [3.63, 3.8) is 0 Å². The van der Waals surface area contributed by atoms with Crippen molar-refractivity contribution in [2.45, 2.75) is 33.4 Å². The highest BCUT2D eigenvalue weighted by molar-refractivity contribution is 6.35. The molecular weight excluding hydrogens is 294 g/mol. The molecule has 1 aromatic heterocycles. The minimum Gasteiger partial charge on any atom is -0.489 e. The highest BCUT2D eigenvalue weighted by Gasteiger charge is 2.10. The number of fused-ring (bicyclic) bond motifs is 1. The van der Waals surface area contributed by atoms with Crippen LogP contribution in [0.15, 0.2) is 48.7 Å². The van der Waals surface area contributed by atoms with Gasteiger partial charge in [-0.2, -0.15) is 0 Å². The van der Waals surface area contributed by atoms with Crippen LogP contribution in [-0.2, 0) is 6.61 Å². The predicted molar refractivity (Wildman–Crippen MR) is 92.8 cm³/mol. The van der Waals surface area contributed by atoms with Gasteiger partial charge in [0.15, 0.2) is 0 Å². The molecule has 0 amide bonds. The number of para-hydroxylation sites is 1. The maximum Gasteiger partial charge on any atom is 0.122 e. The fraction of sp³-hybridized carbons (Fsp3) is 0.263. The number of hydrogen-bond donors (Lipinski definition) is 0. The quantitative estimate of drug-likeness (QED) is 0.597. The first kappa shape index (κ1) is 15.0. The number of halogens is 1. The molecule has 0 unspecified atom stereocenters. The summed E-state index contributed by atoms with van der Waals surface area (Å²) in [6.45, 7) is 6.91. The average molecular weight is 314 g/mol. The van der Waals surface area contributed by atoms with E-state index in [0.717, 1.165) is 27.3 Å². The third-order valence-corrected chi connectivity index (χ3v) is 4.19. The maximum absolute atomic E-state index is 6.37. The van der Waals surface area contributed by atoms with Gasteiger partial charge in [-0.15, -0.1) is 0 Å². The monoisotopic (exact) mass is 313 g/mol. The van der Waals surface area contributed by atoms with Gasteiger partial charge in [-0.25, -0.2) is 0 Å². The maximum atomic E-state index is 6.37.